The third-order valence-corrected chi connectivity index (χ3v) is 4.92. The van der Waals surface area contributed by atoms with Gasteiger partial charge in [0.1, 0.15) is 0 Å². The molecule has 4 rings (SSSR count). The van der Waals surface area contributed by atoms with Crippen LogP contribution in [0, 0.1) is 5.92 Å². The Morgan fingerprint density at radius 2 is 2.26 bits per heavy atom. The quantitative estimate of drug-likeness (QED) is 0.820. The molecule has 0 radical (unpaired) electrons. The molecule has 0 saturated carbocycles. The molecule has 0 aromatic carbocycles. The third-order valence-electron chi connectivity index (χ3n) is 4.92. The summed E-state index contributed by atoms with van der Waals surface area (Å²) in [5, 5.41) is 0. The Kier molecular flexibility index (Phi) is 4.06. The second-order valence-corrected chi connectivity index (χ2v) is 6.48. The lowest BCUT2D eigenvalue weighted by Gasteiger charge is -2.50. The predicted molar refractivity (Wildman–Crippen MR) is 85.1 cm³/mol. The van der Waals surface area contributed by atoms with Crippen LogP contribution in [0.15, 0.2) is 47.4 Å². The molecule has 1 spiro atoms. The maximum Gasteiger partial charge on any atom is 0.213 e. The molecule has 2 aromatic rings. The number of likely N-dealkylation sites (tertiary alicyclic amines) is 1. The standard InChI is InChI=1S/C18H22N2O3/c1-2-7-19-17(3-1)22-9-5-16-6-10-23-18(16)13-20(14-18)11-15-4-8-21-12-15/h1-4,7-8,12,16H,5-6,9-11,13-14H2. The molecular formula is C18H22N2O3. The van der Waals surface area contributed by atoms with Crippen molar-refractivity contribution in [2.75, 3.05) is 26.3 Å². The molecule has 2 saturated heterocycles. The van der Waals surface area contributed by atoms with Gasteiger partial charge in [-0.1, -0.05) is 6.07 Å². The van der Waals surface area contributed by atoms with Crippen molar-refractivity contribution in [2.45, 2.75) is 25.0 Å². The van der Waals surface area contributed by atoms with E-state index >= 15 is 0 Å². The number of ether oxygens (including phenoxy) is 2. The van der Waals surface area contributed by atoms with Gasteiger partial charge < -0.3 is 13.9 Å². The fraction of sp³-hybridized carbons (Fsp3) is 0.500. The summed E-state index contributed by atoms with van der Waals surface area (Å²) in [4.78, 5) is 6.62. The smallest absolute Gasteiger partial charge is 0.213 e. The van der Waals surface area contributed by atoms with Gasteiger partial charge in [-0.2, -0.15) is 0 Å². The summed E-state index contributed by atoms with van der Waals surface area (Å²) in [5.74, 6) is 1.28. The first-order valence-electron chi connectivity index (χ1n) is 8.25. The molecule has 1 unspecified atom stereocenters. The van der Waals surface area contributed by atoms with Crippen LogP contribution in [0.3, 0.4) is 0 Å². The van der Waals surface area contributed by atoms with Crippen molar-refractivity contribution in [3.8, 4) is 5.88 Å². The zero-order valence-electron chi connectivity index (χ0n) is 13.2. The molecule has 5 nitrogen and oxygen atoms in total. The summed E-state index contributed by atoms with van der Waals surface area (Å²) in [5.41, 5.74) is 1.27. The maximum atomic E-state index is 6.10. The number of furan rings is 1. The van der Waals surface area contributed by atoms with Crippen molar-refractivity contribution in [2.24, 2.45) is 5.92 Å². The number of hydrogen-bond acceptors (Lipinski definition) is 5. The molecule has 2 aromatic heterocycles. The zero-order chi connectivity index (χ0) is 15.5. The van der Waals surface area contributed by atoms with Crippen LogP contribution in [0.1, 0.15) is 18.4 Å². The highest BCUT2D eigenvalue weighted by Crippen LogP contribution is 2.42. The third kappa shape index (κ3) is 3.12. The van der Waals surface area contributed by atoms with Crippen LogP contribution in [-0.2, 0) is 11.3 Å². The molecule has 2 aliphatic heterocycles. The fourth-order valence-corrected chi connectivity index (χ4v) is 3.74. The number of pyridine rings is 1. The van der Waals surface area contributed by atoms with E-state index in [0.29, 0.717) is 18.4 Å². The van der Waals surface area contributed by atoms with Crippen LogP contribution in [0.25, 0.3) is 0 Å². The molecule has 0 N–H and O–H groups in total. The fourth-order valence-electron chi connectivity index (χ4n) is 3.74. The van der Waals surface area contributed by atoms with Gasteiger partial charge in [0, 0.05) is 44.1 Å². The van der Waals surface area contributed by atoms with Gasteiger partial charge in [-0.05, 0) is 30.9 Å². The highest BCUT2D eigenvalue weighted by atomic mass is 16.5. The van der Waals surface area contributed by atoms with Gasteiger partial charge in [0.2, 0.25) is 5.88 Å². The summed E-state index contributed by atoms with van der Waals surface area (Å²) in [6.07, 6.45) is 7.46. The first-order chi connectivity index (χ1) is 11.3. The van der Waals surface area contributed by atoms with Crippen LogP contribution < -0.4 is 4.74 Å². The van der Waals surface area contributed by atoms with Crippen molar-refractivity contribution in [1.29, 1.82) is 0 Å². The molecule has 4 heterocycles. The van der Waals surface area contributed by atoms with Crippen molar-refractivity contribution >= 4 is 0 Å². The number of hydrogen-bond donors (Lipinski definition) is 0. The van der Waals surface area contributed by atoms with Crippen molar-refractivity contribution in [1.82, 2.24) is 9.88 Å². The van der Waals surface area contributed by atoms with Gasteiger partial charge in [-0.25, -0.2) is 4.98 Å². The Morgan fingerprint density at radius 1 is 1.30 bits per heavy atom. The molecule has 2 aliphatic rings. The number of rotatable bonds is 6. The van der Waals surface area contributed by atoms with Gasteiger partial charge in [0.25, 0.3) is 0 Å². The van der Waals surface area contributed by atoms with Gasteiger partial charge in [-0.15, -0.1) is 0 Å². The minimum Gasteiger partial charge on any atom is -0.478 e. The van der Waals surface area contributed by atoms with E-state index in [2.05, 4.69) is 9.88 Å². The van der Waals surface area contributed by atoms with E-state index in [1.165, 1.54) is 5.56 Å². The Morgan fingerprint density at radius 3 is 3.04 bits per heavy atom. The summed E-state index contributed by atoms with van der Waals surface area (Å²) >= 11 is 0. The van der Waals surface area contributed by atoms with E-state index in [-0.39, 0.29) is 5.60 Å². The molecule has 23 heavy (non-hydrogen) atoms. The van der Waals surface area contributed by atoms with Crippen molar-refractivity contribution in [3.63, 3.8) is 0 Å². The predicted octanol–water partition coefficient (Wildman–Crippen LogP) is 2.73. The Bertz CT molecular complexity index is 608. The van der Waals surface area contributed by atoms with E-state index in [1.807, 2.05) is 30.5 Å². The summed E-state index contributed by atoms with van der Waals surface area (Å²) < 4.78 is 17.0. The van der Waals surface area contributed by atoms with E-state index < -0.39 is 0 Å². The van der Waals surface area contributed by atoms with Crippen molar-refractivity contribution in [3.05, 3.63) is 48.6 Å². The second-order valence-electron chi connectivity index (χ2n) is 6.48. The topological polar surface area (TPSA) is 47.7 Å². The van der Waals surface area contributed by atoms with Gasteiger partial charge >= 0.3 is 0 Å². The normalized spacial score (nSPS) is 23.0. The van der Waals surface area contributed by atoms with Crippen LogP contribution in [-0.4, -0.2) is 41.8 Å². The van der Waals surface area contributed by atoms with E-state index in [9.17, 15) is 0 Å². The average Bonchev–Trinajstić information content (AvgIpc) is 3.18. The zero-order valence-corrected chi connectivity index (χ0v) is 13.2. The maximum absolute atomic E-state index is 6.10. The molecule has 5 heteroatoms. The minimum absolute atomic E-state index is 0.0389. The first-order valence-corrected chi connectivity index (χ1v) is 8.25. The van der Waals surface area contributed by atoms with E-state index in [4.69, 9.17) is 13.9 Å². The SMILES string of the molecule is c1ccc(OCCC2CCOC23CN(Cc2ccoc2)C3)nc1. The number of aromatic nitrogens is 1. The molecule has 1 atom stereocenters. The highest BCUT2D eigenvalue weighted by Gasteiger charge is 2.52. The number of nitrogens with zero attached hydrogens (tertiary/aromatic N) is 2. The lowest BCUT2D eigenvalue weighted by molar-refractivity contribution is -0.138. The highest BCUT2D eigenvalue weighted by molar-refractivity contribution is 5.11. The van der Waals surface area contributed by atoms with Crippen LogP contribution >= 0.6 is 0 Å². The Hall–Kier alpha value is -1.85. The van der Waals surface area contributed by atoms with Crippen LogP contribution in [0.4, 0.5) is 0 Å². The lowest BCUT2D eigenvalue weighted by atomic mass is 9.79. The Balaban J connectivity index is 1.26. The van der Waals surface area contributed by atoms with Crippen molar-refractivity contribution < 1.29 is 13.9 Å². The largest absolute Gasteiger partial charge is 0.478 e. The monoisotopic (exact) mass is 314 g/mol. The molecule has 0 bridgehead atoms. The molecule has 0 aliphatic carbocycles. The lowest BCUT2D eigenvalue weighted by Crippen LogP contribution is -2.64. The molecule has 0 amide bonds. The molecular weight excluding hydrogens is 292 g/mol. The Labute approximate surface area is 136 Å². The summed E-state index contributed by atoms with van der Waals surface area (Å²) in [7, 11) is 0. The van der Waals surface area contributed by atoms with Gasteiger partial charge in [0.05, 0.1) is 24.7 Å². The molecule has 2 fully saturated rings. The summed E-state index contributed by atoms with van der Waals surface area (Å²) in [6.45, 7) is 4.53. The average molecular weight is 314 g/mol. The van der Waals surface area contributed by atoms with Gasteiger partial charge in [0.15, 0.2) is 0 Å². The minimum atomic E-state index is 0.0389. The van der Waals surface area contributed by atoms with E-state index in [0.717, 1.165) is 39.1 Å². The van der Waals surface area contributed by atoms with Crippen LogP contribution in [0.2, 0.25) is 0 Å². The van der Waals surface area contributed by atoms with E-state index in [1.54, 1.807) is 12.5 Å². The summed E-state index contributed by atoms with van der Waals surface area (Å²) in [6, 6.07) is 7.77. The molecule has 122 valence electrons. The first kappa shape index (κ1) is 14.7. The van der Waals surface area contributed by atoms with Gasteiger partial charge in [-0.3, -0.25) is 4.90 Å². The second kappa shape index (κ2) is 6.34. The van der Waals surface area contributed by atoms with Crippen LogP contribution in [0.5, 0.6) is 5.88 Å².